The summed E-state index contributed by atoms with van der Waals surface area (Å²) >= 11 is 0. The van der Waals surface area contributed by atoms with Gasteiger partial charge >= 0.3 is 0 Å². The van der Waals surface area contributed by atoms with Gasteiger partial charge in [-0.05, 0) is 25.9 Å². The minimum atomic E-state index is 0.312. The Kier molecular flexibility index (Phi) is 33.8. The fourth-order valence-corrected chi connectivity index (χ4v) is 5.25. The lowest BCUT2D eigenvalue weighted by Gasteiger charge is -2.05. The van der Waals surface area contributed by atoms with Gasteiger partial charge in [-0.15, -0.1) is 0 Å². The van der Waals surface area contributed by atoms with Crippen molar-refractivity contribution < 1.29 is 5.11 Å². The SMILES string of the molecule is CCCCCCCCCCCCCCCCCCCCCCCCCCCCCCNCCCO. The topological polar surface area (TPSA) is 32.3 Å². The first-order valence-electron chi connectivity index (χ1n) is 16.7. The third kappa shape index (κ3) is 33.9. The molecule has 2 nitrogen and oxygen atoms in total. The zero-order valence-corrected chi connectivity index (χ0v) is 24.6. The Balaban J connectivity index is 3.00. The summed E-state index contributed by atoms with van der Waals surface area (Å²) in [5.74, 6) is 0. The van der Waals surface area contributed by atoms with E-state index in [9.17, 15) is 0 Å². The minimum Gasteiger partial charge on any atom is -0.396 e. The average Bonchev–Trinajstić information content (AvgIpc) is 2.87. The molecule has 0 aliphatic carbocycles. The van der Waals surface area contributed by atoms with E-state index in [1.807, 2.05) is 0 Å². The molecule has 0 aliphatic rings. The van der Waals surface area contributed by atoms with Gasteiger partial charge in [0.25, 0.3) is 0 Å². The van der Waals surface area contributed by atoms with Crippen molar-refractivity contribution in [2.24, 2.45) is 0 Å². The van der Waals surface area contributed by atoms with Gasteiger partial charge in [0.15, 0.2) is 0 Å². The molecule has 0 aromatic rings. The van der Waals surface area contributed by atoms with Crippen molar-refractivity contribution in [2.75, 3.05) is 19.7 Å². The molecular weight excluding hydrogens is 426 g/mol. The predicted octanol–water partition coefficient (Wildman–Crippen LogP) is 10.9. The Hall–Kier alpha value is -0.0800. The molecule has 0 radical (unpaired) electrons. The van der Waals surface area contributed by atoms with Crippen LogP contribution in [0, 0.1) is 0 Å². The molecule has 2 heteroatoms. The smallest absolute Gasteiger partial charge is 0.0443 e. The van der Waals surface area contributed by atoms with Gasteiger partial charge in [0.1, 0.15) is 0 Å². The van der Waals surface area contributed by atoms with Crippen LogP contribution in [0.25, 0.3) is 0 Å². The zero-order valence-electron chi connectivity index (χ0n) is 24.6. The maximum atomic E-state index is 8.74. The Bertz CT molecular complexity index is 314. The highest BCUT2D eigenvalue weighted by molar-refractivity contribution is 4.53. The van der Waals surface area contributed by atoms with Crippen LogP contribution in [0.1, 0.15) is 193 Å². The third-order valence-corrected chi connectivity index (χ3v) is 7.72. The predicted molar refractivity (Wildman–Crippen MR) is 160 cm³/mol. The Labute approximate surface area is 223 Å². The Morgan fingerprint density at radius 1 is 0.314 bits per heavy atom. The number of aliphatic hydroxyl groups excluding tert-OH is 1. The molecule has 0 saturated heterocycles. The maximum Gasteiger partial charge on any atom is 0.0443 e. The first-order chi connectivity index (χ1) is 17.4. The average molecular weight is 496 g/mol. The van der Waals surface area contributed by atoms with Crippen LogP contribution in [-0.4, -0.2) is 24.8 Å². The standard InChI is InChI=1S/C33H69NO/c1-2-3-4-5-6-7-8-9-10-11-12-13-14-15-16-17-18-19-20-21-22-23-24-25-26-27-28-29-31-34-32-30-33-35/h34-35H,2-33H2,1H3. The largest absolute Gasteiger partial charge is 0.396 e. The molecule has 0 saturated carbocycles. The molecule has 0 bridgehead atoms. The van der Waals surface area contributed by atoms with Gasteiger partial charge in [0.05, 0.1) is 0 Å². The number of hydrogen-bond donors (Lipinski definition) is 2. The molecule has 212 valence electrons. The fraction of sp³-hybridized carbons (Fsp3) is 1.00. The first kappa shape index (κ1) is 34.9. The van der Waals surface area contributed by atoms with E-state index in [2.05, 4.69) is 12.2 Å². The number of hydrogen-bond acceptors (Lipinski definition) is 2. The molecule has 0 spiro atoms. The quantitative estimate of drug-likeness (QED) is 0.0909. The maximum absolute atomic E-state index is 8.74. The first-order valence-corrected chi connectivity index (χ1v) is 16.7. The van der Waals surface area contributed by atoms with E-state index < -0.39 is 0 Å². The van der Waals surface area contributed by atoms with Gasteiger partial charge in [-0.1, -0.05) is 180 Å². The summed E-state index contributed by atoms with van der Waals surface area (Å²) in [6.07, 6.45) is 41.7. The van der Waals surface area contributed by atoms with Crippen LogP contribution in [0.4, 0.5) is 0 Å². The molecule has 0 aromatic heterocycles. The van der Waals surface area contributed by atoms with Crippen molar-refractivity contribution in [3.8, 4) is 0 Å². The van der Waals surface area contributed by atoms with Crippen LogP contribution >= 0.6 is 0 Å². The molecule has 2 N–H and O–H groups in total. The van der Waals surface area contributed by atoms with Crippen LogP contribution in [0.3, 0.4) is 0 Å². The summed E-state index contributed by atoms with van der Waals surface area (Å²) in [6, 6.07) is 0. The molecule has 0 fully saturated rings. The molecule has 0 aromatic carbocycles. The highest BCUT2D eigenvalue weighted by Gasteiger charge is 1.97. The second kappa shape index (κ2) is 33.9. The lowest BCUT2D eigenvalue weighted by atomic mass is 10.0. The van der Waals surface area contributed by atoms with Crippen molar-refractivity contribution >= 4 is 0 Å². The van der Waals surface area contributed by atoms with Crippen molar-refractivity contribution in [1.29, 1.82) is 0 Å². The second-order valence-corrected chi connectivity index (χ2v) is 11.4. The summed E-state index contributed by atoms with van der Waals surface area (Å²) in [5, 5.41) is 12.1. The monoisotopic (exact) mass is 496 g/mol. The van der Waals surface area contributed by atoms with Crippen molar-refractivity contribution in [3.63, 3.8) is 0 Å². The number of unbranched alkanes of at least 4 members (excludes halogenated alkanes) is 27. The van der Waals surface area contributed by atoms with Gasteiger partial charge in [0.2, 0.25) is 0 Å². The molecule has 0 unspecified atom stereocenters. The minimum absolute atomic E-state index is 0.312. The van der Waals surface area contributed by atoms with Gasteiger partial charge < -0.3 is 10.4 Å². The molecule has 0 amide bonds. The lowest BCUT2D eigenvalue weighted by molar-refractivity contribution is 0.286. The van der Waals surface area contributed by atoms with Gasteiger partial charge in [-0.3, -0.25) is 0 Å². The summed E-state index contributed by atoms with van der Waals surface area (Å²) < 4.78 is 0. The second-order valence-electron chi connectivity index (χ2n) is 11.4. The van der Waals surface area contributed by atoms with Crippen LogP contribution in [-0.2, 0) is 0 Å². The van der Waals surface area contributed by atoms with Crippen LogP contribution in [0.2, 0.25) is 0 Å². The molecule has 0 atom stereocenters. The zero-order chi connectivity index (χ0) is 25.3. The normalized spacial score (nSPS) is 11.5. The highest BCUT2D eigenvalue weighted by atomic mass is 16.3. The molecule has 0 heterocycles. The van der Waals surface area contributed by atoms with Crippen LogP contribution < -0.4 is 5.32 Å². The van der Waals surface area contributed by atoms with Gasteiger partial charge in [-0.25, -0.2) is 0 Å². The Morgan fingerprint density at radius 2 is 0.543 bits per heavy atom. The van der Waals surface area contributed by atoms with Crippen LogP contribution in [0.5, 0.6) is 0 Å². The Morgan fingerprint density at radius 3 is 0.800 bits per heavy atom. The molecule has 0 rings (SSSR count). The number of nitrogens with one attached hydrogen (secondary N) is 1. The van der Waals surface area contributed by atoms with E-state index in [1.54, 1.807) is 0 Å². The molecule has 0 aliphatic heterocycles. The van der Waals surface area contributed by atoms with Gasteiger partial charge in [-0.2, -0.15) is 0 Å². The molecule has 35 heavy (non-hydrogen) atoms. The van der Waals surface area contributed by atoms with Crippen LogP contribution in [0.15, 0.2) is 0 Å². The van der Waals surface area contributed by atoms with Gasteiger partial charge in [0, 0.05) is 6.61 Å². The van der Waals surface area contributed by atoms with E-state index in [4.69, 9.17) is 5.11 Å². The van der Waals surface area contributed by atoms with Crippen molar-refractivity contribution in [2.45, 2.75) is 193 Å². The van der Waals surface area contributed by atoms with E-state index >= 15 is 0 Å². The summed E-state index contributed by atoms with van der Waals surface area (Å²) in [4.78, 5) is 0. The van der Waals surface area contributed by atoms with Crippen molar-refractivity contribution in [3.05, 3.63) is 0 Å². The molecular formula is C33H69NO. The van der Waals surface area contributed by atoms with Crippen molar-refractivity contribution in [1.82, 2.24) is 5.32 Å². The summed E-state index contributed by atoms with van der Waals surface area (Å²) in [5.41, 5.74) is 0. The summed E-state index contributed by atoms with van der Waals surface area (Å²) in [7, 11) is 0. The summed E-state index contributed by atoms with van der Waals surface area (Å²) in [6.45, 7) is 4.71. The number of aliphatic hydroxyl groups is 1. The highest BCUT2D eigenvalue weighted by Crippen LogP contribution is 2.16. The van der Waals surface area contributed by atoms with E-state index in [0.29, 0.717) is 6.61 Å². The van der Waals surface area contributed by atoms with E-state index in [1.165, 1.54) is 180 Å². The number of rotatable bonds is 32. The van der Waals surface area contributed by atoms with E-state index in [-0.39, 0.29) is 0 Å². The third-order valence-electron chi connectivity index (χ3n) is 7.72. The van der Waals surface area contributed by atoms with E-state index in [0.717, 1.165) is 19.5 Å². The fourth-order valence-electron chi connectivity index (χ4n) is 5.25. The lowest BCUT2D eigenvalue weighted by Crippen LogP contribution is -2.17.